The molecule has 0 bridgehead atoms. The zero-order valence-electron chi connectivity index (χ0n) is 10.2. The van der Waals surface area contributed by atoms with Crippen molar-refractivity contribution in [1.29, 1.82) is 0 Å². The van der Waals surface area contributed by atoms with Gasteiger partial charge in [-0.1, -0.05) is 11.2 Å². The lowest BCUT2D eigenvalue weighted by Crippen LogP contribution is -1.94. The van der Waals surface area contributed by atoms with E-state index in [2.05, 4.69) is 10.1 Å². The summed E-state index contributed by atoms with van der Waals surface area (Å²) in [6.07, 6.45) is 0. The first-order chi connectivity index (χ1) is 9.65. The van der Waals surface area contributed by atoms with Crippen molar-refractivity contribution in [3.63, 3.8) is 0 Å². The monoisotopic (exact) mass is 271 g/mol. The number of halogens is 1. The highest BCUT2D eigenvalue weighted by atomic mass is 19.1. The van der Waals surface area contributed by atoms with E-state index in [-0.39, 0.29) is 17.3 Å². The second-order valence-corrected chi connectivity index (χ2v) is 4.17. The van der Waals surface area contributed by atoms with E-state index in [1.54, 1.807) is 18.2 Å². The molecular formula is C14H10FN3O2. The van der Waals surface area contributed by atoms with Gasteiger partial charge < -0.3 is 15.4 Å². The molecule has 6 heteroatoms. The lowest BCUT2D eigenvalue weighted by Gasteiger charge is -2.00. The van der Waals surface area contributed by atoms with E-state index < -0.39 is 5.82 Å². The minimum atomic E-state index is -0.535. The number of benzene rings is 2. The molecule has 3 N–H and O–H groups in total. The maximum atomic E-state index is 13.4. The Kier molecular flexibility index (Phi) is 2.83. The predicted molar refractivity (Wildman–Crippen MR) is 71.2 cm³/mol. The molecule has 3 aromatic rings. The van der Waals surface area contributed by atoms with E-state index in [1.807, 2.05) is 0 Å². The third-order valence-electron chi connectivity index (χ3n) is 2.83. The average molecular weight is 271 g/mol. The van der Waals surface area contributed by atoms with E-state index in [0.29, 0.717) is 17.0 Å². The Labute approximate surface area is 113 Å². The second-order valence-electron chi connectivity index (χ2n) is 4.17. The third kappa shape index (κ3) is 2.07. The molecule has 0 saturated heterocycles. The normalized spacial score (nSPS) is 10.7. The molecule has 3 rings (SSSR count). The van der Waals surface area contributed by atoms with Crippen LogP contribution in [0.25, 0.3) is 22.8 Å². The number of para-hydroxylation sites is 1. The van der Waals surface area contributed by atoms with Crippen molar-refractivity contribution in [3.8, 4) is 28.6 Å². The van der Waals surface area contributed by atoms with E-state index >= 15 is 0 Å². The van der Waals surface area contributed by atoms with Crippen LogP contribution in [0.1, 0.15) is 0 Å². The number of hydrogen-bond acceptors (Lipinski definition) is 5. The predicted octanol–water partition coefficient (Wildman–Crippen LogP) is 2.83. The quantitative estimate of drug-likeness (QED) is 0.700. The molecule has 1 aromatic heterocycles. The van der Waals surface area contributed by atoms with Crippen molar-refractivity contribution in [2.24, 2.45) is 0 Å². The van der Waals surface area contributed by atoms with Gasteiger partial charge in [-0.25, -0.2) is 4.39 Å². The van der Waals surface area contributed by atoms with Crippen LogP contribution in [0.2, 0.25) is 0 Å². The Bertz CT molecular complexity index is 753. The molecule has 0 radical (unpaired) electrons. The number of phenols is 1. The summed E-state index contributed by atoms with van der Waals surface area (Å²) in [5.74, 6) is 0.0902. The highest BCUT2D eigenvalue weighted by Crippen LogP contribution is 2.28. The molecule has 2 aromatic carbocycles. The molecule has 0 amide bonds. The van der Waals surface area contributed by atoms with Crippen LogP contribution in [0.3, 0.4) is 0 Å². The van der Waals surface area contributed by atoms with Gasteiger partial charge in [-0.15, -0.1) is 0 Å². The van der Waals surface area contributed by atoms with Crippen molar-refractivity contribution in [1.82, 2.24) is 10.1 Å². The van der Waals surface area contributed by atoms with Gasteiger partial charge in [0.1, 0.15) is 11.6 Å². The molecule has 0 saturated carbocycles. The van der Waals surface area contributed by atoms with Crippen LogP contribution in [0.5, 0.6) is 5.75 Å². The molecule has 0 spiro atoms. The molecule has 100 valence electrons. The zero-order chi connectivity index (χ0) is 14.1. The van der Waals surface area contributed by atoms with Gasteiger partial charge in [0.15, 0.2) is 0 Å². The van der Waals surface area contributed by atoms with Gasteiger partial charge in [-0.2, -0.15) is 4.98 Å². The number of hydrogen-bond donors (Lipinski definition) is 2. The maximum Gasteiger partial charge on any atom is 0.260 e. The lowest BCUT2D eigenvalue weighted by atomic mass is 10.1. The van der Waals surface area contributed by atoms with Gasteiger partial charge >= 0.3 is 0 Å². The first-order valence-electron chi connectivity index (χ1n) is 5.82. The molecule has 0 aliphatic rings. The van der Waals surface area contributed by atoms with Crippen LogP contribution in [-0.4, -0.2) is 15.2 Å². The van der Waals surface area contributed by atoms with Crippen molar-refractivity contribution >= 4 is 5.69 Å². The van der Waals surface area contributed by atoms with Crippen molar-refractivity contribution in [3.05, 3.63) is 48.3 Å². The number of nitrogen functional groups attached to an aromatic ring is 1. The van der Waals surface area contributed by atoms with Crippen LogP contribution in [0.15, 0.2) is 47.0 Å². The van der Waals surface area contributed by atoms with E-state index in [4.69, 9.17) is 10.3 Å². The average Bonchev–Trinajstić information content (AvgIpc) is 2.92. The summed E-state index contributed by atoms with van der Waals surface area (Å²) in [5, 5.41) is 13.0. The highest BCUT2D eigenvalue weighted by molar-refractivity contribution is 5.71. The van der Waals surface area contributed by atoms with Gasteiger partial charge in [0.25, 0.3) is 5.89 Å². The molecule has 1 heterocycles. The Morgan fingerprint density at radius 3 is 2.60 bits per heavy atom. The number of aromatic hydroxyl groups is 1. The highest BCUT2D eigenvalue weighted by Gasteiger charge is 2.14. The Hall–Kier alpha value is -2.89. The largest absolute Gasteiger partial charge is 0.508 e. The summed E-state index contributed by atoms with van der Waals surface area (Å²) in [7, 11) is 0. The number of phenolic OH excluding ortho intramolecular Hbond substituents is 1. The topological polar surface area (TPSA) is 85.2 Å². The van der Waals surface area contributed by atoms with Crippen LogP contribution in [-0.2, 0) is 0 Å². The molecule has 0 aliphatic carbocycles. The van der Waals surface area contributed by atoms with Crippen LogP contribution in [0, 0.1) is 5.82 Å². The summed E-state index contributed by atoms with van der Waals surface area (Å²) in [6, 6.07) is 10.7. The van der Waals surface area contributed by atoms with Crippen molar-refractivity contribution in [2.45, 2.75) is 0 Å². The van der Waals surface area contributed by atoms with E-state index in [0.717, 1.165) is 0 Å². The SMILES string of the molecule is Nc1c(F)cccc1-c1nc(-c2ccc(O)cc2)no1. The summed E-state index contributed by atoms with van der Waals surface area (Å²) in [5.41, 5.74) is 6.64. The molecule has 20 heavy (non-hydrogen) atoms. The van der Waals surface area contributed by atoms with Crippen LogP contribution >= 0.6 is 0 Å². The number of nitrogens with two attached hydrogens (primary N) is 1. The Morgan fingerprint density at radius 2 is 1.85 bits per heavy atom. The summed E-state index contributed by atoms with van der Waals surface area (Å²) >= 11 is 0. The van der Waals surface area contributed by atoms with Gasteiger partial charge in [-0.3, -0.25) is 0 Å². The first-order valence-corrected chi connectivity index (χ1v) is 5.82. The molecule has 0 unspecified atom stereocenters. The summed E-state index contributed by atoms with van der Waals surface area (Å²) in [6.45, 7) is 0. The number of aromatic nitrogens is 2. The zero-order valence-corrected chi connectivity index (χ0v) is 10.2. The Morgan fingerprint density at radius 1 is 1.10 bits per heavy atom. The van der Waals surface area contributed by atoms with E-state index in [1.165, 1.54) is 24.3 Å². The van der Waals surface area contributed by atoms with Crippen LogP contribution in [0.4, 0.5) is 10.1 Å². The van der Waals surface area contributed by atoms with Gasteiger partial charge in [0.2, 0.25) is 5.82 Å². The summed E-state index contributed by atoms with van der Waals surface area (Å²) < 4.78 is 18.5. The van der Waals surface area contributed by atoms with Crippen molar-refractivity contribution < 1.29 is 14.0 Å². The lowest BCUT2D eigenvalue weighted by molar-refractivity contribution is 0.432. The van der Waals surface area contributed by atoms with Gasteiger partial charge in [0.05, 0.1) is 11.3 Å². The molecule has 0 fully saturated rings. The van der Waals surface area contributed by atoms with Crippen LogP contribution < -0.4 is 5.73 Å². The number of rotatable bonds is 2. The van der Waals surface area contributed by atoms with Gasteiger partial charge in [0, 0.05) is 5.56 Å². The number of anilines is 1. The number of nitrogens with zero attached hydrogens (tertiary/aromatic N) is 2. The maximum absolute atomic E-state index is 13.4. The summed E-state index contributed by atoms with van der Waals surface area (Å²) in [4.78, 5) is 4.18. The van der Waals surface area contributed by atoms with E-state index in [9.17, 15) is 9.50 Å². The molecular weight excluding hydrogens is 261 g/mol. The molecule has 0 atom stereocenters. The fraction of sp³-hybridized carbons (Fsp3) is 0. The minimum absolute atomic E-state index is 0.0339. The third-order valence-corrected chi connectivity index (χ3v) is 2.83. The Balaban J connectivity index is 2.02. The molecule has 0 aliphatic heterocycles. The molecule has 5 nitrogen and oxygen atoms in total. The standard InChI is InChI=1S/C14H10FN3O2/c15-11-3-1-2-10(12(11)16)14-17-13(18-20-14)8-4-6-9(19)7-5-8/h1-7,19H,16H2. The smallest absolute Gasteiger partial charge is 0.260 e. The fourth-order valence-corrected chi connectivity index (χ4v) is 1.78. The fourth-order valence-electron chi connectivity index (χ4n) is 1.78. The second kappa shape index (κ2) is 4.65. The van der Waals surface area contributed by atoms with Crippen molar-refractivity contribution in [2.75, 3.05) is 5.73 Å². The minimum Gasteiger partial charge on any atom is -0.508 e. The first kappa shape index (κ1) is 12.2. The van der Waals surface area contributed by atoms with Gasteiger partial charge in [-0.05, 0) is 36.4 Å².